The van der Waals surface area contributed by atoms with Crippen LogP contribution < -0.4 is 4.74 Å². The number of nitrogens with zero attached hydrogens (tertiary/aromatic N) is 1. The number of hydrogen-bond donors (Lipinski definition) is 5. The van der Waals surface area contributed by atoms with Crippen molar-refractivity contribution in [2.45, 2.75) is 99.0 Å². The van der Waals surface area contributed by atoms with Crippen LogP contribution in [0.2, 0.25) is 0 Å². The number of carbonyl (C=O) groups is 3. The van der Waals surface area contributed by atoms with Gasteiger partial charge in [-0.05, 0) is 89.1 Å². The van der Waals surface area contributed by atoms with Gasteiger partial charge in [0.1, 0.15) is 5.60 Å². The first-order valence-corrected chi connectivity index (χ1v) is 15.8. The molecule has 0 spiro atoms. The van der Waals surface area contributed by atoms with Crippen molar-refractivity contribution in [3.05, 3.63) is 92.2 Å². The molecule has 0 saturated carbocycles. The fraction of sp³-hybridized carbons (Fsp3) is 0.405. The third-order valence-electron chi connectivity index (χ3n) is 8.83. The molecular weight excluding hydrogens is 596 g/mol. The maximum absolute atomic E-state index is 12.4. The van der Waals surface area contributed by atoms with Crippen LogP contribution in [0.4, 0.5) is 0 Å². The maximum Gasteiger partial charge on any atom is 0.303 e. The van der Waals surface area contributed by atoms with Crippen molar-refractivity contribution in [1.82, 2.24) is 15.0 Å². The van der Waals surface area contributed by atoms with Crippen molar-refractivity contribution in [3.8, 4) is 5.88 Å². The van der Waals surface area contributed by atoms with E-state index in [0.29, 0.717) is 49.3 Å². The van der Waals surface area contributed by atoms with Crippen LogP contribution in [0.3, 0.4) is 0 Å². The summed E-state index contributed by atoms with van der Waals surface area (Å²) in [6.45, 7) is 21.5. The normalized spacial score (nSPS) is 13.3. The number of aliphatic imine (C=N–C) groups is 1. The van der Waals surface area contributed by atoms with Crippen molar-refractivity contribution in [2.75, 3.05) is 0 Å². The largest absolute Gasteiger partial charge is 0.481 e. The zero-order valence-electron chi connectivity index (χ0n) is 28.5. The number of ether oxygens (including phenoxy) is 1. The molecule has 0 bridgehead atoms. The van der Waals surface area contributed by atoms with E-state index in [-0.39, 0.29) is 24.3 Å². The molecule has 10 heteroatoms. The van der Waals surface area contributed by atoms with Gasteiger partial charge in [-0.25, -0.2) is 4.99 Å². The lowest BCUT2D eigenvalue weighted by Gasteiger charge is -2.20. The molecule has 0 radical (unpaired) electrons. The Morgan fingerprint density at radius 2 is 1.28 bits per heavy atom. The highest BCUT2D eigenvalue weighted by atomic mass is 16.5. The number of aromatic nitrogens is 3. The highest BCUT2D eigenvalue weighted by Crippen LogP contribution is 2.33. The Hall–Kier alpha value is -4.86. The first-order valence-electron chi connectivity index (χ1n) is 15.8. The minimum Gasteiger partial charge on any atom is -0.481 e. The minimum atomic E-state index is -0.896. The number of allylic oxidation sites excluding steroid dienone is 1. The third-order valence-corrected chi connectivity index (χ3v) is 8.83. The van der Waals surface area contributed by atoms with Crippen molar-refractivity contribution in [2.24, 2.45) is 4.99 Å². The molecule has 5 N–H and O–H groups in total. The minimum absolute atomic E-state index is 0.0276. The molecule has 3 aromatic heterocycles. The quantitative estimate of drug-likeness (QED) is 0.125. The molecule has 47 heavy (non-hydrogen) atoms. The van der Waals surface area contributed by atoms with Gasteiger partial charge in [0.15, 0.2) is 5.88 Å². The Bertz CT molecular complexity index is 1820. The van der Waals surface area contributed by atoms with E-state index in [1.54, 1.807) is 0 Å². The number of carboxylic acids is 2. The van der Waals surface area contributed by atoms with Crippen LogP contribution in [0.25, 0.3) is 6.08 Å². The summed E-state index contributed by atoms with van der Waals surface area (Å²) in [6.07, 6.45) is 5.26. The highest BCUT2D eigenvalue weighted by Gasteiger charge is 2.26. The summed E-state index contributed by atoms with van der Waals surface area (Å²) in [5.41, 5.74) is 11.7. The number of rotatable bonds is 15. The second kappa shape index (κ2) is 13.9. The molecule has 4 heterocycles. The van der Waals surface area contributed by atoms with E-state index in [2.05, 4.69) is 33.1 Å². The van der Waals surface area contributed by atoms with E-state index in [9.17, 15) is 24.6 Å². The summed E-state index contributed by atoms with van der Waals surface area (Å²) in [5, 5.41) is 19.1. The summed E-state index contributed by atoms with van der Waals surface area (Å²) in [4.78, 5) is 50.5. The van der Waals surface area contributed by atoms with E-state index < -0.39 is 11.9 Å². The molecule has 0 saturated heterocycles. The zero-order valence-corrected chi connectivity index (χ0v) is 28.5. The summed E-state index contributed by atoms with van der Waals surface area (Å²) in [5.74, 6) is -1.40. The van der Waals surface area contributed by atoms with Gasteiger partial charge in [0.05, 0.1) is 5.71 Å². The number of H-pyrrole nitrogens is 3. The Kier molecular flexibility index (Phi) is 10.3. The summed E-state index contributed by atoms with van der Waals surface area (Å²) >= 11 is 0. The zero-order chi connectivity index (χ0) is 34.8. The van der Waals surface area contributed by atoms with Gasteiger partial charge in [-0.1, -0.05) is 25.3 Å². The molecule has 1 amide bonds. The number of nitrogens with one attached hydrogen (secondary N) is 3. The Labute approximate surface area is 275 Å². The monoisotopic (exact) mass is 642 g/mol. The number of hydrogen-bond acceptors (Lipinski definition) is 4. The average molecular weight is 643 g/mol. The van der Waals surface area contributed by atoms with Crippen molar-refractivity contribution < 1.29 is 29.3 Å². The van der Waals surface area contributed by atoms with Gasteiger partial charge in [-0.2, -0.15) is 0 Å². The molecule has 1 aliphatic rings. The molecule has 0 atom stereocenters. The second-order valence-electron chi connectivity index (χ2n) is 13.2. The van der Waals surface area contributed by atoms with Crippen LogP contribution in [-0.4, -0.2) is 54.3 Å². The van der Waals surface area contributed by atoms with Crippen molar-refractivity contribution >= 4 is 29.6 Å². The summed E-state index contributed by atoms with van der Waals surface area (Å²) in [6, 6.07) is 0. The highest BCUT2D eigenvalue weighted by molar-refractivity contribution is 6.20. The summed E-state index contributed by atoms with van der Waals surface area (Å²) < 4.78 is 6.18. The fourth-order valence-electron chi connectivity index (χ4n) is 6.30. The van der Waals surface area contributed by atoms with Crippen LogP contribution in [0.15, 0.2) is 35.4 Å². The number of amides is 1. The number of aliphatic carboxylic acids is 2. The smallest absolute Gasteiger partial charge is 0.303 e. The summed E-state index contributed by atoms with van der Waals surface area (Å²) in [7, 11) is 0. The molecule has 0 unspecified atom stereocenters. The van der Waals surface area contributed by atoms with Crippen LogP contribution in [0.5, 0.6) is 5.88 Å². The number of carboxylic acid groups (broad SMARTS) is 2. The SMILES string of the molecule is C=CC1=C(C)C(Cc2[nH]c(Cc3[nH]c(Cc4[nH]c(OC(C)(C)C)c(C)c4C=C)c(C)c3CCC(=O)O)c(CCC(=O)O)c2C)=NC1=O. The van der Waals surface area contributed by atoms with E-state index in [4.69, 9.17) is 4.74 Å². The molecule has 0 aromatic carbocycles. The maximum atomic E-state index is 12.4. The Morgan fingerprint density at radius 1 is 0.766 bits per heavy atom. The molecule has 0 aliphatic carbocycles. The first-order chi connectivity index (χ1) is 22.0. The number of aromatic amines is 3. The molecular formula is C37H46N4O6. The lowest BCUT2D eigenvalue weighted by atomic mass is 9.97. The lowest BCUT2D eigenvalue weighted by molar-refractivity contribution is -0.138. The second-order valence-corrected chi connectivity index (χ2v) is 13.2. The molecule has 3 aromatic rings. The Balaban J connectivity index is 1.76. The van der Waals surface area contributed by atoms with Crippen LogP contribution in [-0.2, 0) is 46.5 Å². The molecule has 10 nitrogen and oxygen atoms in total. The van der Waals surface area contributed by atoms with E-state index in [1.807, 2.05) is 54.5 Å². The van der Waals surface area contributed by atoms with Crippen molar-refractivity contribution in [3.63, 3.8) is 0 Å². The Morgan fingerprint density at radius 3 is 1.72 bits per heavy atom. The van der Waals surface area contributed by atoms with Crippen LogP contribution in [0.1, 0.15) is 102 Å². The average Bonchev–Trinajstić information content (AvgIpc) is 3.62. The lowest BCUT2D eigenvalue weighted by Crippen LogP contribution is -2.23. The van der Waals surface area contributed by atoms with Gasteiger partial charge in [0.2, 0.25) is 0 Å². The van der Waals surface area contributed by atoms with E-state index in [0.717, 1.165) is 67.4 Å². The number of carbonyl (C=O) groups excluding carboxylic acids is 1. The first kappa shape index (κ1) is 35.0. The molecule has 250 valence electrons. The van der Waals surface area contributed by atoms with Crippen LogP contribution in [0, 0.1) is 20.8 Å². The predicted octanol–water partition coefficient (Wildman–Crippen LogP) is 6.66. The van der Waals surface area contributed by atoms with E-state index >= 15 is 0 Å². The third kappa shape index (κ3) is 7.76. The van der Waals surface area contributed by atoms with Gasteiger partial charge < -0.3 is 29.9 Å². The van der Waals surface area contributed by atoms with Gasteiger partial charge in [-0.15, -0.1) is 0 Å². The molecule has 0 fully saturated rings. The van der Waals surface area contributed by atoms with Gasteiger partial charge in [-0.3, -0.25) is 14.4 Å². The van der Waals surface area contributed by atoms with E-state index in [1.165, 1.54) is 6.08 Å². The molecule has 4 rings (SSSR count). The van der Waals surface area contributed by atoms with Gasteiger partial charge in [0, 0.05) is 77.3 Å². The fourth-order valence-corrected chi connectivity index (χ4v) is 6.30. The van der Waals surface area contributed by atoms with Crippen molar-refractivity contribution in [1.29, 1.82) is 0 Å². The molecule has 1 aliphatic heterocycles. The topological polar surface area (TPSA) is 161 Å². The van der Waals surface area contributed by atoms with Crippen LogP contribution >= 0.6 is 0 Å². The van der Waals surface area contributed by atoms with Gasteiger partial charge >= 0.3 is 11.9 Å². The van der Waals surface area contributed by atoms with Gasteiger partial charge in [0.25, 0.3) is 5.91 Å². The predicted molar refractivity (Wildman–Crippen MR) is 184 cm³/mol. The standard InChI is InChI=1S/C37H46N4O6/c1-10-23-22(6)36(47-37(7,8)9)41-30(23)17-28-21(5)26(13-15-34(44)45)32(39-28)18-31-25(12-14-33(42)43)20(4)27(38-31)16-29-19(3)24(11-2)35(46)40-29/h10-11,38-39,41H,1-2,12-18H2,3-9H3,(H,42,43)(H,44,45).